The number of aromatic nitrogens is 4. The van der Waals surface area contributed by atoms with E-state index in [1.165, 1.54) is 0 Å². The molecule has 0 radical (unpaired) electrons. The van der Waals surface area contributed by atoms with Gasteiger partial charge in [0.15, 0.2) is 0 Å². The summed E-state index contributed by atoms with van der Waals surface area (Å²) in [4.78, 5) is 20.3. The summed E-state index contributed by atoms with van der Waals surface area (Å²) in [5.41, 5.74) is 1.76. The second kappa shape index (κ2) is 6.17. The van der Waals surface area contributed by atoms with Crippen molar-refractivity contribution in [1.29, 1.82) is 0 Å². The van der Waals surface area contributed by atoms with Gasteiger partial charge in [0.25, 0.3) is 0 Å². The second-order valence-electron chi connectivity index (χ2n) is 4.85. The molecule has 1 aromatic carbocycles. The molecule has 0 fully saturated rings. The van der Waals surface area contributed by atoms with Crippen molar-refractivity contribution in [1.82, 2.24) is 19.7 Å². The zero-order chi connectivity index (χ0) is 15.4. The zero-order valence-electron chi connectivity index (χ0n) is 12.1. The van der Waals surface area contributed by atoms with Gasteiger partial charge in [0.05, 0.1) is 18.3 Å². The Balaban J connectivity index is 1.65. The standard InChI is InChI=1S/C16H15N5O/c1-12-18-11-21(20-12)14-7-8-15(17-10-14)19-16(22)9-13-5-3-2-4-6-13/h2-8,10-11H,9H2,1H3,(H,17,19,22). The molecular weight excluding hydrogens is 278 g/mol. The maximum absolute atomic E-state index is 12.0. The van der Waals surface area contributed by atoms with Crippen LogP contribution in [0.2, 0.25) is 0 Å². The van der Waals surface area contributed by atoms with Gasteiger partial charge in [0.1, 0.15) is 18.0 Å². The minimum atomic E-state index is -0.0944. The molecule has 0 spiro atoms. The smallest absolute Gasteiger partial charge is 0.229 e. The van der Waals surface area contributed by atoms with Crippen molar-refractivity contribution in [3.8, 4) is 5.69 Å². The molecule has 0 aliphatic heterocycles. The highest BCUT2D eigenvalue weighted by Crippen LogP contribution is 2.09. The zero-order valence-corrected chi connectivity index (χ0v) is 12.1. The Morgan fingerprint density at radius 2 is 1.95 bits per heavy atom. The fourth-order valence-electron chi connectivity index (χ4n) is 2.03. The van der Waals surface area contributed by atoms with E-state index >= 15 is 0 Å². The molecule has 0 saturated heterocycles. The summed E-state index contributed by atoms with van der Waals surface area (Å²) >= 11 is 0. The molecule has 0 unspecified atom stereocenters. The summed E-state index contributed by atoms with van der Waals surface area (Å²) in [7, 11) is 0. The van der Waals surface area contributed by atoms with Gasteiger partial charge in [-0.2, -0.15) is 5.10 Å². The molecule has 1 N–H and O–H groups in total. The second-order valence-corrected chi connectivity index (χ2v) is 4.85. The van der Waals surface area contributed by atoms with Gasteiger partial charge < -0.3 is 5.32 Å². The molecule has 110 valence electrons. The third kappa shape index (κ3) is 3.35. The Hall–Kier alpha value is -3.02. The van der Waals surface area contributed by atoms with E-state index in [1.54, 1.807) is 23.3 Å². The van der Waals surface area contributed by atoms with Gasteiger partial charge in [-0.15, -0.1) is 0 Å². The predicted octanol–water partition coefficient (Wildman–Crippen LogP) is 2.15. The number of amides is 1. The van der Waals surface area contributed by atoms with Gasteiger partial charge in [0, 0.05) is 0 Å². The Morgan fingerprint density at radius 3 is 2.59 bits per heavy atom. The van der Waals surface area contributed by atoms with Crippen LogP contribution in [-0.4, -0.2) is 25.7 Å². The number of nitrogens with zero attached hydrogens (tertiary/aromatic N) is 4. The van der Waals surface area contributed by atoms with E-state index in [4.69, 9.17) is 0 Å². The molecule has 0 atom stereocenters. The van der Waals surface area contributed by atoms with Crippen molar-refractivity contribution in [3.05, 3.63) is 66.4 Å². The monoisotopic (exact) mass is 293 g/mol. The lowest BCUT2D eigenvalue weighted by atomic mass is 10.1. The van der Waals surface area contributed by atoms with Gasteiger partial charge in [0.2, 0.25) is 5.91 Å². The maximum Gasteiger partial charge on any atom is 0.229 e. The van der Waals surface area contributed by atoms with E-state index in [9.17, 15) is 4.79 Å². The van der Waals surface area contributed by atoms with Crippen molar-refractivity contribution in [2.45, 2.75) is 13.3 Å². The molecule has 2 aromatic heterocycles. The van der Waals surface area contributed by atoms with Crippen LogP contribution in [0.3, 0.4) is 0 Å². The predicted molar refractivity (Wildman–Crippen MR) is 82.7 cm³/mol. The summed E-state index contributed by atoms with van der Waals surface area (Å²) in [5, 5.41) is 6.98. The van der Waals surface area contributed by atoms with Crippen LogP contribution in [0.4, 0.5) is 5.82 Å². The first-order valence-corrected chi connectivity index (χ1v) is 6.89. The highest BCUT2D eigenvalue weighted by atomic mass is 16.1. The molecule has 6 heteroatoms. The van der Waals surface area contributed by atoms with Crippen LogP contribution in [0.25, 0.3) is 5.69 Å². The van der Waals surface area contributed by atoms with Crippen molar-refractivity contribution in [2.24, 2.45) is 0 Å². The Morgan fingerprint density at radius 1 is 1.14 bits per heavy atom. The highest BCUT2D eigenvalue weighted by Gasteiger charge is 2.05. The number of hydrogen-bond donors (Lipinski definition) is 1. The van der Waals surface area contributed by atoms with Gasteiger partial charge in [-0.05, 0) is 24.6 Å². The molecule has 0 bridgehead atoms. The number of hydrogen-bond acceptors (Lipinski definition) is 4. The van der Waals surface area contributed by atoms with Crippen LogP contribution in [0, 0.1) is 6.92 Å². The summed E-state index contributed by atoms with van der Waals surface area (Å²) in [5.74, 6) is 1.12. The lowest BCUT2D eigenvalue weighted by Crippen LogP contribution is -2.15. The van der Waals surface area contributed by atoms with E-state index in [0.29, 0.717) is 18.1 Å². The molecule has 0 aliphatic rings. The van der Waals surface area contributed by atoms with Gasteiger partial charge in [-0.3, -0.25) is 4.79 Å². The summed E-state index contributed by atoms with van der Waals surface area (Å²) in [6.07, 6.45) is 3.60. The topological polar surface area (TPSA) is 72.7 Å². The summed E-state index contributed by atoms with van der Waals surface area (Å²) < 4.78 is 1.64. The van der Waals surface area contributed by atoms with Crippen LogP contribution in [-0.2, 0) is 11.2 Å². The Labute approximate surface area is 127 Å². The number of nitrogens with one attached hydrogen (secondary N) is 1. The Bertz CT molecular complexity index is 765. The fourth-order valence-corrected chi connectivity index (χ4v) is 2.03. The summed E-state index contributed by atoms with van der Waals surface area (Å²) in [6.45, 7) is 1.82. The van der Waals surface area contributed by atoms with Crippen LogP contribution >= 0.6 is 0 Å². The number of benzene rings is 1. The van der Waals surface area contributed by atoms with E-state index in [-0.39, 0.29) is 5.91 Å². The van der Waals surface area contributed by atoms with Gasteiger partial charge in [-0.25, -0.2) is 14.6 Å². The molecule has 6 nitrogen and oxygen atoms in total. The molecule has 3 rings (SSSR count). The van der Waals surface area contributed by atoms with Crippen molar-refractivity contribution < 1.29 is 4.79 Å². The molecule has 22 heavy (non-hydrogen) atoms. The molecule has 0 saturated carbocycles. The first-order valence-electron chi connectivity index (χ1n) is 6.89. The molecule has 0 aliphatic carbocycles. The number of aryl methyl sites for hydroxylation is 1. The third-order valence-corrected chi connectivity index (χ3v) is 3.09. The van der Waals surface area contributed by atoms with E-state index in [1.807, 2.05) is 43.3 Å². The third-order valence-electron chi connectivity index (χ3n) is 3.09. The maximum atomic E-state index is 12.0. The van der Waals surface area contributed by atoms with Crippen molar-refractivity contribution >= 4 is 11.7 Å². The molecule has 3 aromatic rings. The van der Waals surface area contributed by atoms with Crippen LogP contribution in [0.5, 0.6) is 0 Å². The quantitative estimate of drug-likeness (QED) is 0.800. The first kappa shape index (κ1) is 13.9. The fraction of sp³-hybridized carbons (Fsp3) is 0.125. The number of carbonyl (C=O) groups excluding carboxylic acids is 1. The SMILES string of the molecule is Cc1ncn(-c2ccc(NC(=O)Cc3ccccc3)nc2)n1. The minimum Gasteiger partial charge on any atom is -0.310 e. The van der Waals surface area contributed by atoms with E-state index in [2.05, 4.69) is 20.4 Å². The number of pyridine rings is 1. The molecule has 1 amide bonds. The van der Waals surface area contributed by atoms with Gasteiger partial charge in [-0.1, -0.05) is 30.3 Å². The average molecular weight is 293 g/mol. The number of anilines is 1. The lowest BCUT2D eigenvalue weighted by Gasteiger charge is -2.05. The molecule has 2 heterocycles. The highest BCUT2D eigenvalue weighted by molar-refractivity contribution is 5.91. The largest absolute Gasteiger partial charge is 0.310 e. The molecular formula is C16H15N5O. The van der Waals surface area contributed by atoms with Crippen molar-refractivity contribution in [2.75, 3.05) is 5.32 Å². The summed E-state index contributed by atoms with van der Waals surface area (Å²) in [6, 6.07) is 13.2. The van der Waals surface area contributed by atoms with Crippen LogP contribution < -0.4 is 5.32 Å². The Kier molecular flexibility index (Phi) is 3.91. The van der Waals surface area contributed by atoms with Gasteiger partial charge >= 0.3 is 0 Å². The number of rotatable bonds is 4. The van der Waals surface area contributed by atoms with E-state index in [0.717, 1.165) is 11.3 Å². The normalized spacial score (nSPS) is 10.4. The van der Waals surface area contributed by atoms with Crippen LogP contribution in [0.15, 0.2) is 55.0 Å². The minimum absolute atomic E-state index is 0.0944. The van der Waals surface area contributed by atoms with E-state index < -0.39 is 0 Å². The lowest BCUT2D eigenvalue weighted by molar-refractivity contribution is -0.115. The average Bonchev–Trinajstić information content (AvgIpc) is 2.95. The first-order chi connectivity index (χ1) is 10.7. The van der Waals surface area contributed by atoms with Crippen molar-refractivity contribution in [3.63, 3.8) is 0 Å². The van der Waals surface area contributed by atoms with Crippen LogP contribution in [0.1, 0.15) is 11.4 Å². The number of carbonyl (C=O) groups is 1.